The van der Waals surface area contributed by atoms with E-state index in [2.05, 4.69) is 0 Å². The lowest BCUT2D eigenvalue weighted by Gasteiger charge is -2.47. The minimum Gasteiger partial charge on any atom is -0.394 e. The summed E-state index contributed by atoms with van der Waals surface area (Å²) in [5.41, 5.74) is 108. The number of aliphatic hydroxyl groups excluding tert-OH is 16. The maximum atomic E-state index is 14.7. The minimum atomic E-state index is -1.95. The Labute approximate surface area is 713 Å². The molecule has 0 aromatic heterocycles. The van der Waals surface area contributed by atoms with Crippen LogP contribution in [-0.2, 0) is 85.3 Å². The van der Waals surface area contributed by atoms with Gasteiger partial charge in [-0.05, 0) is 58.8 Å². The zero-order chi connectivity index (χ0) is 91.4. The SMILES string of the molecule is C[C@@H](N)[C@@H]1CC[C@@H](N)[C@@H](O[C@H]2[C@H](O[C@@H]3O[C@H](CO)[C@@H](O[C@H]4O[C@@H](CN)[C@@H](O)[C@H](O)[C@H]4N)[C@H]3O)[C@@H](O)[C@H](N)C[C@@H]2N)O1.C[C@H](N)[C@@H]1CC[C@@H](N)[C@@H](O[C@@H]2C(N)C[C@@H](N)[C@H](O)[C@H]2O[C@@H]2O[C@H](CO)[C@@H](O[C@H]3O[C@@H](CN)[C@@H](O)[C@H](O)[C@H]3N)[C@H]2O)O1.NC[C@@H]1O[C@H](O[C@H]2[C@@H](O)[C@H](O[C@@H]3[C@@H](O)[C@H](N)C[C@H](N)[C@H]3O[C@H]3O[C@H](CN)[C@@H](O)[C@H](F)[C@H]3N)O[C@@H]2CO)[C@H](N)[C@@H](O)[C@@H]1O. The lowest BCUT2D eigenvalue weighted by Crippen LogP contribution is -2.67. The standard InChI is InChI=1S/2C24H48N6O11.C23H45FN6O12/c2*1-7(26)11-3-2-8(27)22(36-11)39-19-10(29)4-9(28)15(32)21(19)41-24-18(35)20(13(6-31)38-24)40-23-14(30)17(34)16(33)12(5-25)37-23;24-10-11(29)21(37-7(2-25)14(10)33)40-18-6(28)1-5(27)13(32)20(18)42-23-17(36)19(9(4-31)39-23)41-22-12(30)16(35)15(34)8(3-26)38-22/h2*7-24,31-35H,2-6,25-30H2,1H3;5-23,31-36H,1-4,25-30H2/t7-,8+,9+,10?,11-,12-,13+,14+,15-,16+,17+,18+,19+,20+,21+,22+,23+,24-;7-,8-,9-,10+,11+,12+,13-,14-,15+,16-,17-,18-,19-,20-,21-,22-,23-,24+;5-,6+,7-,8+,9-,10-,11-,12-,13+,14-,15-,16-,17-,18-,19-,20-,21-,22-,23+/m011/s1. The molecule has 0 bridgehead atoms. The van der Waals surface area contributed by atoms with E-state index in [0.29, 0.717) is 25.7 Å². The van der Waals surface area contributed by atoms with E-state index < -0.39 is 332 Å². The predicted molar refractivity (Wildman–Crippen MR) is 418 cm³/mol. The molecule has 0 radical (unpaired) electrons. The summed E-state index contributed by atoms with van der Waals surface area (Å²) in [6, 6.07) is -11.3. The van der Waals surface area contributed by atoms with Gasteiger partial charge in [0.05, 0.1) is 86.6 Å². The summed E-state index contributed by atoms with van der Waals surface area (Å²) in [6.07, 6.45) is -48.1. The van der Waals surface area contributed by atoms with Crippen molar-refractivity contribution in [1.29, 1.82) is 0 Å². The smallest absolute Gasteiger partial charge is 0.187 e. The van der Waals surface area contributed by atoms with E-state index >= 15 is 0 Å². The van der Waals surface area contributed by atoms with E-state index in [0.717, 1.165) is 0 Å². The highest BCUT2D eigenvalue weighted by atomic mass is 19.1. The third kappa shape index (κ3) is 23.2. The summed E-state index contributed by atoms with van der Waals surface area (Å²) in [4.78, 5) is 0. The fourth-order valence-corrected chi connectivity index (χ4v) is 17.4. The summed E-state index contributed by atoms with van der Waals surface area (Å²) in [6.45, 7) is 1.11. The molecule has 53 heteroatoms. The van der Waals surface area contributed by atoms with E-state index in [-0.39, 0.29) is 69.7 Å². The number of halogens is 1. The molecular weight excluding hydrogens is 1670 g/mol. The quantitative estimate of drug-likeness (QED) is 0.0363. The molecule has 12 fully saturated rings. The molecule has 52 N–H and O–H groups in total. The molecular formula is C71H141FN18O34. The molecule has 0 aromatic rings. The van der Waals surface area contributed by atoms with Crippen LogP contribution in [0.15, 0.2) is 0 Å². The Balaban J connectivity index is 0.000000195. The Morgan fingerprint density at radius 3 is 0.750 bits per heavy atom. The van der Waals surface area contributed by atoms with Gasteiger partial charge in [-0.3, -0.25) is 0 Å². The largest absolute Gasteiger partial charge is 0.394 e. The Morgan fingerprint density at radius 1 is 0.258 bits per heavy atom. The second-order valence-corrected chi connectivity index (χ2v) is 34.3. The molecule has 9 heterocycles. The van der Waals surface area contributed by atoms with Crippen molar-refractivity contribution < 1.29 is 171 Å². The molecule has 0 spiro atoms. The van der Waals surface area contributed by atoms with Crippen molar-refractivity contribution in [3.8, 4) is 0 Å². The molecule has 0 amide bonds. The van der Waals surface area contributed by atoms with Gasteiger partial charge in [-0.15, -0.1) is 0 Å². The highest BCUT2D eigenvalue weighted by molar-refractivity contribution is 5.07. The number of ether oxygens (including phenoxy) is 18. The van der Waals surface area contributed by atoms with Crippen LogP contribution in [0.2, 0.25) is 0 Å². The van der Waals surface area contributed by atoms with Gasteiger partial charge in [0.15, 0.2) is 56.6 Å². The summed E-state index contributed by atoms with van der Waals surface area (Å²) in [5, 5.41) is 167. The Morgan fingerprint density at radius 2 is 0.492 bits per heavy atom. The Hall–Kier alpha value is -2.15. The third-order valence-electron chi connectivity index (χ3n) is 25.2. The fraction of sp³-hybridized carbons (Fsp3) is 1.00. The number of hydrogen-bond acceptors (Lipinski definition) is 52. The highest BCUT2D eigenvalue weighted by Gasteiger charge is 2.60. The van der Waals surface area contributed by atoms with Gasteiger partial charge in [-0.25, -0.2) is 4.39 Å². The number of aliphatic hydroxyl groups is 16. The highest BCUT2D eigenvalue weighted by Crippen LogP contribution is 2.40. The maximum Gasteiger partial charge on any atom is 0.187 e. The molecule has 9 aliphatic heterocycles. The lowest BCUT2D eigenvalue weighted by molar-refractivity contribution is -0.302. The van der Waals surface area contributed by atoms with Gasteiger partial charge in [0.25, 0.3) is 0 Å². The first-order valence-corrected chi connectivity index (χ1v) is 42.1. The zero-order valence-electron chi connectivity index (χ0n) is 68.9. The molecule has 9 saturated heterocycles. The van der Waals surface area contributed by atoms with Crippen molar-refractivity contribution in [2.45, 2.75) is 395 Å². The van der Waals surface area contributed by atoms with Gasteiger partial charge in [0.1, 0.15) is 165 Å². The molecule has 1 unspecified atom stereocenters. The normalized spacial score (nSPS) is 52.6. The number of rotatable bonds is 27. The second kappa shape index (κ2) is 45.7. The first-order chi connectivity index (χ1) is 58.6. The molecule has 55 atom stereocenters. The van der Waals surface area contributed by atoms with Crippen LogP contribution in [0.5, 0.6) is 0 Å². The molecule has 12 aliphatic rings. The van der Waals surface area contributed by atoms with Crippen LogP contribution in [0.3, 0.4) is 0 Å². The van der Waals surface area contributed by atoms with Crippen LogP contribution in [0, 0.1) is 0 Å². The Kier molecular flexibility index (Phi) is 38.3. The average Bonchev–Trinajstić information content (AvgIpc) is 1.70. The first-order valence-electron chi connectivity index (χ1n) is 42.1. The van der Waals surface area contributed by atoms with Crippen LogP contribution in [-0.4, -0.2) is 464 Å². The Bertz CT molecular complexity index is 3040. The number of alkyl halides is 1. The van der Waals surface area contributed by atoms with Crippen molar-refractivity contribution in [2.24, 2.45) is 103 Å². The summed E-state index contributed by atoms with van der Waals surface area (Å²) < 4.78 is 120. The van der Waals surface area contributed by atoms with E-state index in [1.165, 1.54) is 0 Å². The van der Waals surface area contributed by atoms with Gasteiger partial charge in [-0.2, -0.15) is 0 Å². The summed E-state index contributed by atoms with van der Waals surface area (Å²) in [7, 11) is 0. The van der Waals surface area contributed by atoms with Gasteiger partial charge in [-0.1, -0.05) is 0 Å². The van der Waals surface area contributed by atoms with Gasteiger partial charge >= 0.3 is 0 Å². The second-order valence-electron chi connectivity index (χ2n) is 34.3. The monoisotopic (exact) mass is 1810 g/mol. The third-order valence-corrected chi connectivity index (χ3v) is 25.2. The molecule has 3 aliphatic carbocycles. The van der Waals surface area contributed by atoms with Crippen LogP contribution < -0.4 is 103 Å². The van der Waals surface area contributed by atoms with E-state index in [4.69, 9.17) is 188 Å². The van der Waals surface area contributed by atoms with E-state index in [1.54, 1.807) is 0 Å². The molecule has 0 aromatic carbocycles. The van der Waals surface area contributed by atoms with Crippen molar-refractivity contribution in [3.05, 3.63) is 0 Å². The molecule has 124 heavy (non-hydrogen) atoms. The van der Waals surface area contributed by atoms with E-state index in [9.17, 15) is 86.1 Å². The molecule has 12 rings (SSSR count). The molecule has 726 valence electrons. The van der Waals surface area contributed by atoms with Crippen molar-refractivity contribution in [3.63, 3.8) is 0 Å². The number of nitrogens with two attached hydrogens (primary N) is 18. The van der Waals surface area contributed by atoms with Crippen molar-refractivity contribution in [1.82, 2.24) is 0 Å². The van der Waals surface area contributed by atoms with Crippen LogP contribution in [0.25, 0.3) is 0 Å². The van der Waals surface area contributed by atoms with Crippen molar-refractivity contribution >= 4 is 0 Å². The van der Waals surface area contributed by atoms with Gasteiger partial charge < -0.3 is 270 Å². The van der Waals surface area contributed by atoms with Gasteiger partial charge in [0, 0.05) is 74.5 Å². The number of hydrogen-bond donors (Lipinski definition) is 34. The zero-order valence-corrected chi connectivity index (χ0v) is 68.9. The van der Waals surface area contributed by atoms with Gasteiger partial charge in [0.2, 0.25) is 0 Å². The fourth-order valence-electron chi connectivity index (χ4n) is 17.4. The van der Waals surface area contributed by atoms with Crippen LogP contribution in [0.4, 0.5) is 4.39 Å². The summed E-state index contributed by atoms with van der Waals surface area (Å²) >= 11 is 0. The molecule has 52 nitrogen and oxygen atoms in total. The first kappa shape index (κ1) is 104. The molecule has 3 saturated carbocycles. The topological polar surface area (TPSA) is 958 Å². The lowest BCUT2D eigenvalue weighted by atomic mass is 9.84. The predicted octanol–water partition coefficient (Wildman–Crippen LogP) is -20.8. The average molecular weight is 1810 g/mol. The minimum absolute atomic E-state index is 0.0577. The van der Waals surface area contributed by atoms with Crippen LogP contribution in [0.1, 0.15) is 58.8 Å². The summed E-state index contributed by atoms with van der Waals surface area (Å²) in [5.74, 6) is 0. The maximum absolute atomic E-state index is 14.7. The van der Waals surface area contributed by atoms with E-state index in [1.807, 2.05) is 13.8 Å². The van der Waals surface area contributed by atoms with Crippen LogP contribution >= 0.6 is 0 Å². The van der Waals surface area contributed by atoms with Crippen molar-refractivity contribution in [2.75, 3.05) is 46.0 Å².